The van der Waals surface area contributed by atoms with E-state index in [4.69, 9.17) is 4.74 Å². The molecule has 2 N–H and O–H groups in total. The van der Waals surface area contributed by atoms with Gasteiger partial charge in [0.15, 0.2) is 0 Å². The van der Waals surface area contributed by atoms with Crippen LogP contribution in [-0.2, 0) is 0 Å². The van der Waals surface area contributed by atoms with Crippen molar-refractivity contribution in [3.63, 3.8) is 0 Å². The van der Waals surface area contributed by atoms with E-state index in [1.807, 2.05) is 63.2 Å². The zero-order valence-corrected chi connectivity index (χ0v) is 15.1. The zero-order valence-electron chi connectivity index (χ0n) is 13.5. The average Bonchev–Trinajstić information content (AvgIpc) is 2.49. The highest BCUT2D eigenvalue weighted by Gasteiger charge is 2.14. The summed E-state index contributed by atoms with van der Waals surface area (Å²) >= 11 is 3.39. The molecule has 5 heteroatoms. The number of hydrogen-bond donors (Lipinski definition) is 2. The fraction of sp³-hybridized carbons (Fsp3) is 0.278. The summed E-state index contributed by atoms with van der Waals surface area (Å²) in [5.74, 6) is 0.799. The van der Waals surface area contributed by atoms with Crippen LogP contribution in [0.2, 0.25) is 0 Å². The van der Waals surface area contributed by atoms with Crippen LogP contribution < -0.4 is 15.4 Å². The summed E-state index contributed by atoms with van der Waals surface area (Å²) in [6, 6.07) is 13.0. The van der Waals surface area contributed by atoms with Gasteiger partial charge in [0.25, 0.3) is 0 Å². The van der Waals surface area contributed by atoms with Crippen molar-refractivity contribution < 1.29 is 9.53 Å². The molecule has 0 spiro atoms. The molecule has 0 aliphatic carbocycles. The number of amides is 2. The van der Waals surface area contributed by atoms with Gasteiger partial charge in [0, 0.05) is 15.7 Å². The Labute approximate surface area is 145 Å². The predicted octanol–water partition coefficient (Wildman–Crippen LogP) is 5.04. The van der Waals surface area contributed by atoms with Crippen molar-refractivity contribution >= 4 is 27.6 Å². The minimum Gasteiger partial charge on any atom is -0.494 e. The van der Waals surface area contributed by atoms with Gasteiger partial charge in [-0.15, -0.1) is 0 Å². The van der Waals surface area contributed by atoms with Crippen LogP contribution in [0.5, 0.6) is 5.75 Å². The standard InChI is InChI=1S/C18H21BrN2O2/c1-4-23-17-9-8-12(2)10-16(17)13(3)20-18(22)21-15-7-5-6-14(19)11-15/h5-11,13H,4H2,1-3H3,(H2,20,21,22). The second kappa shape index (κ2) is 8.02. The summed E-state index contributed by atoms with van der Waals surface area (Å²) in [5, 5.41) is 5.77. The molecule has 0 aromatic heterocycles. The summed E-state index contributed by atoms with van der Waals surface area (Å²) < 4.78 is 6.57. The van der Waals surface area contributed by atoms with E-state index < -0.39 is 0 Å². The third-order valence-corrected chi connectivity index (χ3v) is 3.85. The highest BCUT2D eigenvalue weighted by molar-refractivity contribution is 9.10. The molecule has 2 amide bonds. The van der Waals surface area contributed by atoms with Crippen LogP contribution in [0.15, 0.2) is 46.9 Å². The lowest BCUT2D eigenvalue weighted by molar-refractivity contribution is 0.249. The quantitative estimate of drug-likeness (QED) is 0.767. The maximum atomic E-state index is 12.2. The number of nitrogens with one attached hydrogen (secondary N) is 2. The van der Waals surface area contributed by atoms with Crippen LogP contribution in [0.25, 0.3) is 0 Å². The predicted molar refractivity (Wildman–Crippen MR) is 97.1 cm³/mol. The lowest BCUT2D eigenvalue weighted by Gasteiger charge is -2.19. The van der Waals surface area contributed by atoms with Crippen LogP contribution in [-0.4, -0.2) is 12.6 Å². The van der Waals surface area contributed by atoms with E-state index in [1.165, 1.54) is 0 Å². The van der Waals surface area contributed by atoms with Crippen molar-refractivity contribution in [2.24, 2.45) is 0 Å². The number of anilines is 1. The van der Waals surface area contributed by atoms with Crippen molar-refractivity contribution in [3.05, 3.63) is 58.1 Å². The summed E-state index contributed by atoms with van der Waals surface area (Å²) in [5.41, 5.74) is 2.83. The molecule has 0 aliphatic rings. The van der Waals surface area contributed by atoms with Gasteiger partial charge < -0.3 is 15.4 Å². The molecular formula is C18H21BrN2O2. The minimum atomic E-state index is -0.250. The molecule has 0 heterocycles. The number of carbonyl (C=O) groups is 1. The van der Waals surface area contributed by atoms with Crippen LogP contribution in [0.4, 0.5) is 10.5 Å². The van der Waals surface area contributed by atoms with Crippen molar-refractivity contribution in [1.29, 1.82) is 0 Å². The van der Waals surface area contributed by atoms with E-state index in [0.29, 0.717) is 6.61 Å². The van der Waals surface area contributed by atoms with Gasteiger partial charge >= 0.3 is 6.03 Å². The first-order valence-electron chi connectivity index (χ1n) is 7.56. The molecule has 0 saturated carbocycles. The molecule has 1 atom stereocenters. The van der Waals surface area contributed by atoms with Gasteiger partial charge in [0.2, 0.25) is 0 Å². The van der Waals surface area contributed by atoms with Gasteiger partial charge in [-0.2, -0.15) is 0 Å². The first kappa shape index (κ1) is 17.3. The largest absolute Gasteiger partial charge is 0.494 e. The third kappa shape index (κ3) is 4.99. The minimum absolute atomic E-state index is 0.163. The Bertz CT molecular complexity index is 688. The van der Waals surface area contributed by atoms with Gasteiger partial charge in [0.05, 0.1) is 12.6 Å². The van der Waals surface area contributed by atoms with Gasteiger partial charge in [-0.05, 0) is 45.0 Å². The first-order valence-corrected chi connectivity index (χ1v) is 8.35. The highest BCUT2D eigenvalue weighted by Crippen LogP contribution is 2.26. The molecule has 2 rings (SSSR count). The summed E-state index contributed by atoms with van der Waals surface area (Å²) in [7, 11) is 0. The SMILES string of the molecule is CCOc1ccc(C)cc1C(C)NC(=O)Nc1cccc(Br)c1. The van der Waals surface area contributed by atoms with Gasteiger partial charge in [-0.25, -0.2) is 4.79 Å². The lowest BCUT2D eigenvalue weighted by Crippen LogP contribution is -2.31. The second-order valence-corrected chi connectivity index (χ2v) is 6.22. The van der Waals surface area contributed by atoms with Crippen molar-refractivity contribution in [2.75, 3.05) is 11.9 Å². The molecule has 2 aromatic rings. The number of benzene rings is 2. The lowest BCUT2D eigenvalue weighted by atomic mass is 10.0. The molecule has 0 aliphatic heterocycles. The number of rotatable bonds is 5. The molecule has 122 valence electrons. The molecule has 0 bridgehead atoms. The first-order chi connectivity index (χ1) is 11.0. The van der Waals surface area contributed by atoms with E-state index in [-0.39, 0.29) is 12.1 Å². The van der Waals surface area contributed by atoms with E-state index in [2.05, 4.69) is 26.6 Å². The second-order valence-electron chi connectivity index (χ2n) is 5.30. The molecule has 0 fully saturated rings. The van der Waals surface area contributed by atoms with E-state index in [9.17, 15) is 4.79 Å². The van der Waals surface area contributed by atoms with E-state index in [1.54, 1.807) is 0 Å². The monoisotopic (exact) mass is 376 g/mol. The van der Waals surface area contributed by atoms with E-state index >= 15 is 0 Å². The Hall–Kier alpha value is -2.01. The van der Waals surface area contributed by atoms with Crippen molar-refractivity contribution in [1.82, 2.24) is 5.32 Å². The molecule has 0 radical (unpaired) electrons. The maximum absolute atomic E-state index is 12.2. The Morgan fingerprint density at radius 2 is 2.04 bits per heavy atom. The summed E-state index contributed by atoms with van der Waals surface area (Å²) in [6.07, 6.45) is 0. The van der Waals surface area contributed by atoms with Gasteiger partial charge in [-0.3, -0.25) is 0 Å². The van der Waals surface area contributed by atoms with Crippen molar-refractivity contribution in [3.8, 4) is 5.75 Å². The topological polar surface area (TPSA) is 50.4 Å². The number of halogens is 1. The molecular weight excluding hydrogens is 356 g/mol. The Kier molecular flexibility index (Phi) is 6.04. The smallest absolute Gasteiger partial charge is 0.319 e. The molecule has 23 heavy (non-hydrogen) atoms. The normalized spacial score (nSPS) is 11.7. The van der Waals surface area contributed by atoms with Crippen LogP contribution in [0, 0.1) is 6.92 Å². The highest BCUT2D eigenvalue weighted by atomic mass is 79.9. The number of carbonyl (C=O) groups excluding carboxylic acids is 1. The molecule has 4 nitrogen and oxygen atoms in total. The number of aryl methyl sites for hydroxylation is 1. The Balaban J connectivity index is 2.07. The average molecular weight is 377 g/mol. The van der Waals surface area contributed by atoms with Crippen LogP contribution in [0.1, 0.15) is 31.0 Å². The summed E-state index contributed by atoms with van der Waals surface area (Å²) in [6.45, 7) is 6.50. The fourth-order valence-corrected chi connectivity index (χ4v) is 2.70. The Morgan fingerprint density at radius 1 is 1.26 bits per heavy atom. The maximum Gasteiger partial charge on any atom is 0.319 e. The zero-order chi connectivity index (χ0) is 16.8. The van der Waals surface area contributed by atoms with Crippen LogP contribution in [0.3, 0.4) is 0 Å². The summed E-state index contributed by atoms with van der Waals surface area (Å²) in [4.78, 5) is 12.2. The van der Waals surface area contributed by atoms with Gasteiger partial charge in [-0.1, -0.05) is 39.7 Å². The fourth-order valence-electron chi connectivity index (χ4n) is 2.30. The molecule has 0 saturated heterocycles. The number of hydrogen-bond acceptors (Lipinski definition) is 2. The molecule has 2 aromatic carbocycles. The van der Waals surface area contributed by atoms with Gasteiger partial charge in [0.1, 0.15) is 5.75 Å². The third-order valence-electron chi connectivity index (χ3n) is 3.36. The number of ether oxygens (including phenoxy) is 1. The number of urea groups is 1. The van der Waals surface area contributed by atoms with Crippen molar-refractivity contribution in [2.45, 2.75) is 26.8 Å². The Morgan fingerprint density at radius 3 is 2.74 bits per heavy atom. The van der Waals surface area contributed by atoms with Crippen LogP contribution >= 0.6 is 15.9 Å². The van der Waals surface area contributed by atoms with E-state index in [0.717, 1.165) is 27.0 Å². The molecule has 1 unspecified atom stereocenters.